The van der Waals surface area contributed by atoms with Crippen LogP contribution in [0.5, 0.6) is 0 Å². The van der Waals surface area contributed by atoms with Gasteiger partial charge in [0.25, 0.3) is 0 Å². The second kappa shape index (κ2) is 9.10. The molecular formula is C15H22O4S2. The first-order valence-corrected chi connectivity index (χ1v) is 10.00. The highest BCUT2D eigenvalue weighted by Crippen LogP contribution is 2.24. The summed E-state index contributed by atoms with van der Waals surface area (Å²) < 4.78 is 28.9. The van der Waals surface area contributed by atoms with Gasteiger partial charge in [-0.05, 0) is 42.7 Å². The molecule has 118 valence electrons. The van der Waals surface area contributed by atoms with Gasteiger partial charge in [0.05, 0.1) is 11.5 Å². The Morgan fingerprint density at radius 2 is 1.71 bits per heavy atom. The van der Waals surface area contributed by atoms with Crippen LogP contribution in [-0.2, 0) is 18.4 Å². The summed E-state index contributed by atoms with van der Waals surface area (Å²) in [5, 5.41) is 0. The van der Waals surface area contributed by atoms with E-state index in [0.717, 1.165) is 42.0 Å². The standard InChI is InChI=1S/C15H22O4S2/c1-13-7-9-15(10-8-13)21(17,18)20-12-6-4-3-5-11-19-14(2)16/h7-10H,3-6,11-12H2,1-2H3. The van der Waals surface area contributed by atoms with E-state index in [-0.39, 0.29) is 5.97 Å². The number of ether oxygens (including phenoxy) is 1. The lowest BCUT2D eigenvalue weighted by molar-refractivity contribution is -0.141. The van der Waals surface area contributed by atoms with E-state index in [4.69, 9.17) is 4.74 Å². The minimum atomic E-state index is -3.24. The van der Waals surface area contributed by atoms with Crippen LogP contribution in [-0.4, -0.2) is 26.7 Å². The summed E-state index contributed by atoms with van der Waals surface area (Å²) in [5.74, 6) is 0.332. The molecule has 1 aromatic rings. The summed E-state index contributed by atoms with van der Waals surface area (Å²) in [4.78, 5) is 10.9. The number of aryl methyl sites for hydroxylation is 1. The van der Waals surface area contributed by atoms with Gasteiger partial charge >= 0.3 is 5.97 Å². The van der Waals surface area contributed by atoms with E-state index in [1.165, 1.54) is 6.92 Å². The lowest BCUT2D eigenvalue weighted by Crippen LogP contribution is -2.00. The van der Waals surface area contributed by atoms with Gasteiger partial charge in [0.1, 0.15) is 0 Å². The van der Waals surface area contributed by atoms with Crippen molar-refractivity contribution in [1.82, 2.24) is 0 Å². The Bertz CT molecular complexity index is 535. The molecule has 0 spiro atoms. The van der Waals surface area contributed by atoms with Crippen LogP contribution in [0.1, 0.15) is 38.2 Å². The molecule has 0 aliphatic heterocycles. The van der Waals surface area contributed by atoms with Crippen LogP contribution in [0.4, 0.5) is 0 Å². The number of hydrogen-bond donors (Lipinski definition) is 0. The van der Waals surface area contributed by atoms with Crippen molar-refractivity contribution >= 4 is 25.6 Å². The van der Waals surface area contributed by atoms with Crippen molar-refractivity contribution in [1.29, 1.82) is 0 Å². The molecule has 0 saturated carbocycles. The van der Waals surface area contributed by atoms with Gasteiger partial charge in [0.2, 0.25) is 8.87 Å². The highest BCUT2D eigenvalue weighted by atomic mass is 33.1. The lowest BCUT2D eigenvalue weighted by Gasteiger charge is -2.05. The predicted octanol–water partition coefficient (Wildman–Crippen LogP) is 3.54. The van der Waals surface area contributed by atoms with Crippen LogP contribution in [0.25, 0.3) is 0 Å². The molecular weight excluding hydrogens is 308 g/mol. The molecule has 0 aliphatic rings. The molecule has 0 fully saturated rings. The number of unbranched alkanes of at least 4 members (excludes halogenated alkanes) is 3. The molecule has 0 amide bonds. The van der Waals surface area contributed by atoms with Gasteiger partial charge in [-0.15, -0.1) is 0 Å². The third-order valence-electron chi connectivity index (χ3n) is 2.89. The van der Waals surface area contributed by atoms with E-state index in [0.29, 0.717) is 17.3 Å². The van der Waals surface area contributed by atoms with E-state index >= 15 is 0 Å². The maximum Gasteiger partial charge on any atom is 0.302 e. The molecule has 0 saturated heterocycles. The second-order valence-electron chi connectivity index (χ2n) is 4.84. The lowest BCUT2D eigenvalue weighted by atomic mass is 10.2. The first-order valence-electron chi connectivity index (χ1n) is 7.01. The highest BCUT2D eigenvalue weighted by Gasteiger charge is 2.14. The summed E-state index contributed by atoms with van der Waals surface area (Å²) in [6.45, 7) is 3.77. The Morgan fingerprint density at radius 3 is 2.33 bits per heavy atom. The van der Waals surface area contributed by atoms with E-state index in [1.807, 2.05) is 19.1 Å². The second-order valence-corrected chi connectivity index (χ2v) is 8.89. The van der Waals surface area contributed by atoms with Crippen LogP contribution < -0.4 is 0 Å². The molecule has 0 aromatic heterocycles. The molecule has 0 radical (unpaired) electrons. The Kier molecular flexibility index (Phi) is 7.82. The van der Waals surface area contributed by atoms with Crippen LogP contribution in [0.2, 0.25) is 0 Å². The highest BCUT2D eigenvalue weighted by molar-refractivity contribution is 8.72. The summed E-state index contributed by atoms with van der Waals surface area (Å²) in [5.41, 5.74) is 1.05. The molecule has 0 unspecified atom stereocenters. The fraction of sp³-hybridized carbons (Fsp3) is 0.533. The first kappa shape index (κ1) is 18.0. The normalized spacial score (nSPS) is 11.3. The maximum absolute atomic E-state index is 12.1. The number of rotatable bonds is 9. The predicted molar refractivity (Wildman–Crippen MR) is 85.9 cm³/mol. The van der Waals surface area contributed by atoms with Crippen molar-refractivity contribution in [2.45, 2.75) is 44.4 Å². The molecule has 21 heavy (non-hydrogen) atoms. The van der Waals surface area contributed by atoms with E-state index < -0.39 is 8.87 Å². The average Bonchev–Trinajstić information content (AvgIpc) is 2.42. The van der Waals surface area contributed by atoms with Gasteiger partial charge in [-0.25, -0.2) is 8.42 Å². The average molecular weight is 330 g/mol. The summed E-state index contributed by atoms with van der Waals surface area (Å²) in [6, 6.07) is 6.92. The topological polar surface area (TPSA) is 60.4 Å². The molecule has 4 nitrogen and oxygen atoms in total. The third kappa shape index (κ3) is 7.52. The smallest absolute Gasteiger partial charge is 0.302 e. The Hall–Kier alpha value is -1.01. The van der Waals surface area contributed by atoms with Crippen LogP contribution in [0, 0.1) is 6.92 Å². The fourth-order valence-corrected chi connectivity index (χ4v) is 4.62. The van der Waals surface area contributed by atoms with Crippen molar-refractivity contribution < 1.29 is 17.9 Å². The monoisotopic (exact) mass is 330 g/mol. The van der Waals surface area contributed by atoms with Gasteiger partial charge < -0.3 is 4.74 Å². The van der Waals surface area contributed by atoms with Crippen LogP contribution in [0.3, 0.4) is 0 Å². The molecule has 6 heteroatoms. The number of hydrogen-bond acceptors (Lipinski definition) is 5. The van der Waals surface area contributed by atoms with Crippen molar-refractivity contribution in [3.8, 4) is 0 Å². The Balaban J connectivity index is 2.20. The van der Waals surface area contributed by atoms with Crippen molar-refractivity contribution in [3.05, 3.63) is 29.8 Å². The van der Waals surface area contributed by atoms with E-state index in [1.54, 1.807) is 12.1 Å². The zero-order chi connectivity index (χ0) is 15.7. The van der Waals surface area contributed by atoms with Crippen molar-refractivity contribution in [2.24, 2.45) is 0 Å². The van der Waals surface area contributed by atoms with Crippen molar-refractivity contribution in [2.75, 3.05) is 12.4 Å². The van der Waals surface area contributed by atoms with Crippen LogP contribution in [0.15, 0.2) is 29.2 Å². The zero-order valence-electron chi connectivity index (χ0n) is 12.5. The minimum absolute atomic E-state index is 0.255. The van der Waals surface area contributed by atoms with Gasteiger partial charge in [-0.2, -0.15) is 0 Å². The van der Waals surface area contributed by atoms with Gasteiger partial charge in [0, 0.05) is 12.7 Å². The quantitative estimate of drug-likeness (QED) is 0.394. The SMILES string of the molecule is CC(=O)OCCCCCCSS(=O)(=O)c1ccc(C)cc1. The summed E-state index contributed by atoms with van der Waals surface area (Å²) >= 11 is 0. The molecule has 1 rings (SSSR count). The van der Waals surface area contributed by atoms with Gasteiger partial charge in [-0.3, -0.25) is 4.79 Å². The molecule has 0 atom stereocenters. The number of carbonyl (C=O) groups is 1. The van der Waals surface area contributed by atoms with E-state index in [9.17, 15) is 13.2 Å². The number of esters is 1. The maximum atomic E-state index is 12.1. The number of carbonyl (C=O) groups excluding carboxylic acids is 1. The molecule has 1 aromatic carbocycles. The number of benzene rings is 1. The summed E-state index contributed by atoms with van der Waals surface area (Å²) in [7, 11) is -2.25. The molecule has 0 heterocycles. The van der Waals surface area contributed by atoms with Gasteiger partial charge in [-0.1, -0.05) is 30.5 Å². The van der Waals surface area contributed by atoms with Crippen LogP contribution >= 0.6 is 10.8 Å². The molecule has 0 bridgehead atoms. The third-order valence-corrected chi connectivity index (χ3v) is 6.52. The van der Waals surface area contributed by atoms with E-state index in [2.05, 4.69) is 0 Å². The Labute approximate surface area is 130 Å². The minimum Gasteiger partial charge on any atom is -0.466 e. The summed E-state index contributed by atoms with van der Waals surface area (Å²) in [6.07, 6.45) is 3.56. The molecule has 0 N–H and O–H groups in total. The zero-order valence-corrected chi connectivity index (χ0v) is 14.1. The first-order chi connectivity index (χ1) is 9.92. The van der Waals surface area contributed by atoms with Crippen molar-refractivity contribution in [3.63, 3.8) is 0 Å². The largest absolute Gasteiger partial charge is 0.466 e. The van der Waals surface area contributed by atoms with Gasteiger partial charge in [0.15, 0.2) is 0 Å². The fourth-order valence-electron chi connectivity index (χ4n) is 1.72. The Morgan fingerprint density at radius 1 is 1.10 bits per heavy atom. The molecule has 0 aliphatic carbocycles.